The molecule has 0 unspecified atom stereocenters. The van der Waals surface area contributed by atoms with Crippen molar-refractivity contribution in [2.24, 2.45) is 0 Å². The largest absolute Gasteiger partial charge is 0.390 e. The number of aliphatic hydroxyl groups excluding tert-OH is 1. The Morgan fingerprint density at radius 1 is 0.842 bits per heavy atom. The maximum absolute atomic E-state index is 13.4. The van der Waals surface area contributed by atoms with E-state index in [0.717, 1.165) is 31.1 Å². The molecule has 3 amide bonds. The number of β-amino-alcohol motifs (C(OH)–C–C–N with tert-alkyl or cyclic N) is 1. The van der Waals surface area contributed by atoms with Gasteiger partial charge in [-0.3, -0.25) is 19.5 Å². The van der Waals surface area contributed by atoms with Crippen LogP contribution in [0.5, 0.6) is 0 Å². The third-order valence-electron chi connectivity index (χ3n) is 7.56. The molecule has 2 heterocycles. The maximum atomic E-state index is 13.4. The van der Waals surface area contributed by atoms with Gasteiger partial charge in [-0.15, -0.1) is 0 Å². The molecule has 5 rings (SSSR count). The first kappa shape index (κ1) is 26.0. The number of carbonyl (C=O) groups is 2. The van der Waals surface area contributed by atoms with E-state index in [-0.39, 0.29) is 12.6 Å². The second-order valence-electron chi connectivity index (χ2n) is 10.2. The third kappa shape index (κ3) is 5.34. The van der Waals surface area contributed by atoms with E-state index >= 15 is 0 Å². The van der Waals surface area contributed by atoms with Crippen LogP contribution in [-0.4, -0.2) is 77.1 Å². The highest BCUT2D eigenvalue weighted by atomic mass is 19.1. The summed E-state index contributed by atoms with van der Waals surface area (Å²) in [7, 11) is 0. The number of urea groups is 1. The molecule has 0 spiro atoms. The number of nitrogens with zero attached hydrogens (tertiary/aromatic N) is 3. The number of piperazine rings is 1. The van der Waals surface area contributed by atoms with E-state index in [1.165, 1.54) is 35.4 Å². The number of imide groups is 1. The van der Waals surface area contributed by atoms with Crippen molar-refractivity contribution < 1.29 is 19.1 Å². The number of hydrogen-bond donors (Lipinski definition) is 2. The molecule has 2 aliphatic heterocycles. The van der Waals surface area contributed by atoms with E-state index in [1.54, 1.807) is 6.92 Å². The monoisotopic (exact) mass is 516 g/mol. The molecule has 2 aliphatic rings. The molecule has 8 heteroatoms. The van der Waals surface area contributed by atoms with Crippen molar-refractivity contribution in [3.05, 3.63) is 107 Å². The Morgan fingerprint density at radius 3 is 1.95 bits per heavy atom. The first-order chi connectivity index (χ1) is 18.3. The lowest BCUT2D eigenvalue weighted by atomic mass is 9.92. The summed E-state index contributed by atoms with van der Waals surface area (Å²) in [6, 6.07) is 26.0. The lowest BCUT2D eigenvalue weighted by Gasteiger charge is -2.40. The van der Waals surface area contributed by atoms with Crippen molar-refractivity contribution in [2.45, 2.75) is 24.6 Å². The van der Waals surface area contributed by atoms with E-state index in [2.05, 4.69) is 63.6 Å². The van der Waals surface area contributed by atoms with Gasteiger partial charge < -0.3 is 10.4 Å². The fourth-order valence-electron chi connectivity index (χ4n) is 5.50. The van der Waals surface area contributed by atoms with Crippen molar-refractivity contribution in [2.75, 3.05) is 39.3 Å². The fraction of sp³-hybridized carbons (Fsp3) is 0.333. The second kappa shape index (κ2) is 11.0. The van der Waals surface area contributed by atoms with Crippen molar-refractivity contribution >= 4 is 11.9 Å². The van der Waals surface area contributed by atoms with Gasteiger partial charge in [0.2, 0.25) is 0 Å². The lowest BCUT2D eigenvalue weighted by Crippen LogP contribution is -2.51. The highest BCUT2D eigenvalue weighted by Gasteiger charge is 2.49. The Hall–Kier alpha value is -3.59. The van der Waals surface area contributed by atoms with Gasteiger partial charge in [-0.1, -0.05) is 72.8 Å². The molecule has 3 aromatic carbocycles. The van der Waals surface area contributed by atoms with Crippen molar-refractivity contribution in [1.82, 2.24) is 20.0 Å². The predicted molar refractivity (Wildman–Crippen MR) is 143 cm³/mol. The SMILES string of the molecule is C[C@@]1(c2ccc(F)cc2)NC(=O)N(C[C@H](O)CN2CCN(C(c3ccccc3)c3ccccc3)CC2)C1=O. The van der Waals surface area contributed by atoms with Crippen LogP contribution in [0.3, 0.4) is 0 Å². The molecule has 0 aromatic heterocycles. The molecule has 0 radical (unpaired) electrons. The minimum atomic E-state index is -1.29. The number of aliphatic hydroxyl groups is 1. The highest BCUT2D eigenvalue weighted by molar-refractivity contribution is 6.07. The number of carbonyl (C=O) groups excluding carboxylic acids is 2. The van der Waals surface area contributed by atoms with Gasteiger partial charge in [0.15, 0.2) is 0 Å². The smallest absolute Gasteiger partial charge is 0.325 e. The van der Waals surface area contributed by atoms with Crippen molar-refractivity contribution in [1.29, 1.82) is 0 Å². The first-order valence-electron chi connectivity index (χ1n) is 13.0. The van der Waals surface area contributed by atoms with Gasteiger partial charge in [0.25, 0.3) is 5.91 Å². The summed E-state index contributed by atoms with van der Waals surface area (Å²) in [6.07, 6.45) is -0.883. The van der Waals surface area contributed by atoms with Gasteiger partial charge in [0.1, 0.15) is 11.4 Å². The zero-order valence-electron chi connectivity index (χ0n) is 21.5. The molecule has 2 fully saturated rings. The van der Waals surface area contributed by atoms with Gasteiger partial charge in [0.05, 0.1) is 18.7 Å². The highest BCUT2D eigenvalue weighted by Crippen LogP contribution is 2.31. The zero-order valence-corrected chi connectivity index (χ0v) is 21.5. The molecule has 0 bridgehead atoms. The van der Waals surface area contributed by atoms with Crippen LogP contribution in [0.25, 0.3) is 0 Å². The Labute approximate surface area is 222 Å². The van der Waals surface area contributed by atoms with Crippen LogP contribution in [-0.2, 0) is 10.3 Å². The third-order valence-corrected chi connectivity index (χ3v) is 7.56. The fourth-order valence-corrected chi connectivity index (χ4v) is 5.50. The van der Waals surface area contributed by atoms with E-state index in [9.17, 15) is 19.1 Å². The summed E-state index contributed by atoms with van der Waals surface area (Å²) in [5.41, 5.74) is 1.70. The maximum Gasteiger partial charge on any atom is 0.325 e. The average molecular weight is 517 g/mol. The Bertz CT molecular complexity index is 1210. The molecule has 0 saturated carbocycles. The standard InChI is InChI=1S/C30H33FN4O3/c1-30(24-12-14-25(31)15-13-24)28(37)35(29(38)32-30)21-26(36)20-33-16-18-34(19-17-33)27(22-8-4-2-5-9-22)23-10-6-3-7-11-23/h2-15,26-27,36H,16-21H2,1H3,(H,32,38)/t26-,30+/m1/s1. The van der Waals surface area contributed by atoms with E-state index < -0.39 is 29.4 Å². The van der Waals surface area contributed by atoms with Crippen LogP contribution in [0.15, 0.2) is 84.9 Å². The number of amides is 3. The topological polar surface area (TPSA) is 76.1 Å². The number of hydrogen-bond acceptors (Lipinski definition) is 5. The molecular formula is C30H33FN4O3. The zero-order chi connectivity index (χ0) is 26.7. The van der Waals surface area contributed by atoms with E-state index in [4.69, 9.17) is 0 Å². The molecule has 38 heavy (non-hydrogen) atoms. The van der Waals surface area contributed by atoms with Gasteiger partial charge in [-0.2, -0.15) is 0 Å². The minimum Gasteiger partial charge on any atom is -0.390 e. The Morgan fingerprint density at radius 2 is 1.39 bits per heavy atom. The normalized spacial score (nSPS) is 21.6. The Kier molecular flexibility index (Phi) is 7.56. The number of halogens is 1. The summed E-state index contributed by atoms with van der Waals surface area (Å²) in [5, 5.41) is 13.5. The van der Waals surface area contributed by atoms with E-state index in [0.29, 0.717) is 12.1 Å². The van der Waals surface area contributed by atoms with Crippen LogP contribution in [0.1, 0.15) is 29.7 Å². The minimum absolute atomic E-state index is 0.0989. The lowest BCUT2D eigenvalue weighted by molar-refractivity contribution is -0.132. The quantitative estimate of drug-likeness (QED) is 0.449. The molecule has 2 saturated heterocycles. The van der Waals surface area contributed by atoms with Crippen LogP contribution >= 0.6 is 0 Å². The van der Waals surface area contributed by atoms with E-state index in [1.807, 2.05) is 12.1 Å². The van der Waals surface area contributed by atoms with Crippen molar-refractivity contribution in [3.63, 3.8) is 0 Å². The van der Waals surface area contributed by atoms with Crippen LogP contribution in [0, 0.1) is 5.82 Å². The molecule has 0 aliphatic carbocycles. The van der Waals surface area contributed by atoms with Gasteiger partial charge in [-0.05, 0) is 35.7 Å². The molecule has 3 aromatic rings. The summed E-state index contributed by atoms with van der Waals surface area (Å²) < 4.78 is 13.4. The average Bonchev–Trinajstić information content (AvgIpc) is 3.15. The number of benzene rings is 3. The molecule has 7 nitrogen and oxygen atoms in total. The number of rotatable bonds is 8. The summed E-state index contributed by atoms with van der Waals surface area (Å²) in [4.78, 5) is 31.5. The van der Waals surface area contributed by atoms with Crippen molar-refractivity contribution in [3.8, 4) is 0 Å². The van der Waals surface area contributed by atoms with Gasteiger partial charge >= 0.3 is 6.03 Å². The summed E-state index contributed by atoms with van der Waals surface area (Å²) in [6.45, 7) is 5.04. The summed E-state index contributed by atoms with van der Waals surface area (Å²) >= 11 is 0. The van der Waals surface area contributed by atoms with Crippen LogP contribution in [0.4, 0.5) is 9.18 Å². The molecule has 198 valence electrons. The predicted octanol–water partition coefficient (Wildman–Crippen LogP) is 3.36. The first-order valence-corrected chi connectivity index (χ1v) is 13.0. The van der Waals surface area contributed by atoms with Crippen LogP contribution < -0.4 is 5.32 Å². The summed E-state index contributed by atoms with van der Waals surface area (Å²) in [5.74, 6) is -0.869. The molecule has 2 N–H and O–H groups in total. The molecule has 2 atom stereocenters. The van der Waals surface area contributed by atoms with Gasteiger partial charge in [-0.25, -0.2) is 9.18 Å². The second-order valence-corrected chi connectivity index (χ2v) is 10.2. The Balaban J connectivity index is 1.19. The number of nitrogens with one attached hydrogen (secondary N) is 1. The van der Waals surface area contributed by atoms with Gasteiger partial charge in [0, 0.05) is 32.7 Å². The molecular weight excluding hydrogens is 483 g/mol. The van der Waals surface area contributed by atoms with Crippen LogP contribution in [0.2, 0.25) is 0 Å².